The van der Waals surface area contributed by atoms with Crippen LogP contribution in [0.5, 0.6) is 0 Å². The molecular formula is C18H32N2. The SMILES string of the molecule is CC1=CCN(C(C)CC2=C(C)CCC(NC(C)C)C2)C1. The van der Waals surface area contributed by atoms with Gasteiger partial charge in [-0.2, -0.15) is 0 Å². The van der Waals surface area contributed by atoms with E-state index in [2.05, 4.69) is 50.9 Å². The molecule has 2 heteroatoms. The molecule has 2 nitrogen and oxygen atoms in total. The Balaban J connectivity index is 1.90. The fourth-order valence-electron chi connectivity index (χ4n) is 3.56. The number of rotatable bonds is 5. The van der Waals surface area contributed by atoms with E-state index in [-0.39, 0.29) is 0 Å². The maximum atomic E-state index is 3.72. The van der Waals surface area contributed by atoms with Crippen molar-refractivity contribution in [2.75, 3.05) is 13.1 Å². The first-order valence-electron chi connectivity index (χ1n) is 8.29. The van der Waals surface area contributed by atoms with Gasteiger partial charge in [-0.3, -0.25) is 4.90 Å². The number of allylic oxidation sites excluding steroid dienone is 1. The first-order chi connectivity index (χ1) is 9.45. The van der Waals surface area contributed by atoms with E-state index in [1.54, 1.807) is 11.1 Å². The lowest BCUT2D eigenvalue weighted by Gasteiger charge is -2.32. The minimum atomic E-state index is 0.600. The van der Waals surface area contributed by atoms with E-state index in [1.807, 2.05) is 0 Å². The Morgan fingerprint density at radius 2 is 2.05 bits per heavy atom. The summed E-state index contributed by atoms with van der Waals surface area (Å²) in [5.74, 6) is 0. The van der Waals surface area contributed by atoms with Crippen LogP contribution in [0.3, 0.4) is 0 Å². The van der Waals surface area contributed by atoms with Crippen molar-refractivity contribution < 1.29 is 0 Å². The summed E-state index contributed by atoms with van der Waals surface area (Å²) >= 11 is 0. The minimum absolute atomic E-state index is 0.600. The Labute approximate surface area is 125 Å². The Morgan fingerprint density at radius 1 is 1.30 bits per heavy atom. The van der Waals surface area contributed by atoms with Crippen LogP contribution in [-0.4, -0.2) is 36.1 Å². The van der Waals surface area contributed by atoms with Crippen LogP contribution in [0.4, 0.5) is 0 Å². The van der Waals surface area contributed by atoms with Gasteiger partial charge in [0.2, 0.25) is 0 Å². The van der Waals surface area contributed by atoms with Gasteiger partial charge in [0.25, 0.3) is 0 Å². The van der Waals surface area contributed by atoms with Gasteiger partial charge in [0.1, 0.15) is 0 Å². The lowest BCUT2D eigenvalue weighted by molar-refractivity contribution is 0.260. The summed E-state index contributed by atoms with van der Waals surface area (Å²) in [6, 6.07) is 1.97. The zero-order chi connectivity index (χ0) is 14.7. The lowest BCUT2D eigenvalue weighted by atomic mass is 9.85. The predicted molar refractivity (Wildman–Crippen MR) is 88.0 cm³/mol. The fourth-order valence-corrected chi connectivity index (χ4v) is 3.56. The molecule has 2 aliphatic rings. The Kier molecular flexibility index (Phi) is 5.45. The fraction of sp³-hybridized carbons (Fsp3) is 0.778. The molecule has 0 aromatic carbocycles. The number of hydrogen-bond acceptors (Lipinski definition) is 2. The highest BCUT2D eigenvalue weighted by Crippen LogP contribution is 2.30. The van der Waals surface area contributed by atoms with E-state index in [9.17, 15) is 0 Å². The second-order valence-corrected chi connectivity index (χ2v) is 7.18. The van der Waals surface area contributed by atoms with E-state index in [0.29, 0.717) is 18.1 Å². The van der Waals surface area contributed by atoms with E-state index in [0.717, 1.165) is 6.54 Å². The van der Waals surface area contributed by atoms with Crippen LogP contribution in [0.25, 0.3) is 0 Å². The molecule has 0 saturated carbocycles. The smallest absolute Gasteiger partial charge is 0.0196 e. The Morgan fingerprint density at radius 3 is 2.65 bits per heavy atom. The summed E-state index contributed by atoms with van der Waals surface area (Å²) in [7, 11) is 0. The van der Waals surface area contributed by atoms with Crippen LogP contribution in [0.15, 0.2) is 22.8 Å². The van der Waals surface area contributed by atoms with Crippen molar-refractivity contribution in [2.45, 2.75) is 78.4 Å². The van der Waals surface area contributed by atoms with Gasteiger partial charge in [-0.1, -0.05) is 36.6 Å². The topological polar surface area (TPSA) is 15.3 Å². The van der Waals surface area contributed by atoms with Gasteiger partial charge in [-0.05, 0) is 46.5 Å². The quantitative estimate of drug-likeness (QED) is 0.766. The van der Waals surface area contributed by atoms with Crippen molar-refractivity contribution in [1.82, 2.24) is 10.2 Å². The molecule has 1 aliphatic carbocycles. The molecule has 0 aromatic rings. The second kappa shape index (κ2) is 6.91. The monoisotopic (exact) mass is 276 g/mol. The van der Waals surface area contributed by atoms with Crippen molar-refractivity contribution >= 4 is 0 Å². The van der Waals surface area contributed by atoms with Crippen molar-refractivity contribution in [3.05, 3.63) is 22.8 Å². The van der Waals surface area contributed by atoms with Crippen LogP contribution in [0, 0.1) is 0 Å². The first-order valence-corrected chi connectivity index (χ1v) is 8.29. The summed E-state index contributed by atoms with van der Waals surface area (Å²) in [5.41, 5.74) is 4.90. The lowest BCUT2D eigenvalue weighted by Crippen LogP contribution is -2.38. The van der Waals surface area contributed by atoms with Gasteiger partial charge in [0.05, 0.1) is 0 Å². The molecule has 0 amide bonds. The highest BCUT2D eigenvalue weighted by atomic mass is 15.2. The molecule has 0 saturated heterocycles. The van der Waals surface area contributed by atoms with Gasteiger partial charge in [0, 0.05) is 31.2 Å². The van der Waals surface area contributed by atoms with Gasteiger partial charge in [0.15, 0.2) is 0 Å². The van der Waals surface area contributed by atoms with E-state index in [1.165, 1.54) is 37.8 Å². The molecule has 2 atom stereocenters. The molecule has 20 heavy (non-hydrogen) atoms. The summed E-state index contributed by atoms with van der Waals surface area (Å²) in [6.45, 7) is 13.8. The third-order valence-corrected chi connectivity index (χ3v) is 4.83. The maximum absolute atomic E-state index is 3.72. The van der Waals surface area contributed by atoms with Crippen LogP contribution < -0.4 is 5.32 Å². The van der Waals surface area contributed by atoms with Crippen molar-refractivity contribution in [2.24, 2.45) is 0 Å². The Bertz CT molecular complexity index is 392. The zero-order valence-corrected chi connectivity index (χ0v) is 14.0. The summed E-state index contributed by atoms with van der Waals surface area (Å²) in [4.78, 5) is 2.61. The molecule has 114 valence electrons. The van der Waals surface area contributed by atoms with Crippen LogP contribution in [-0.2, 0) is 0 Å². The molecule has 0 fully saturated rings. The largest absolute Gasteiger partial charge is 0.311 e. The van der Waals surface area contributed by atoms with Crippen molar-refractivity contribution in [3.8, 4) is 0 Å². The number of hydrogen-bond donors (Lipinski definition) is 1. The first kappa shape index (κ1) is 15.8. The maximum Gasteiger partial charge on any atom is 0.0196 e. The third kappa shape index (κ3) is 4.20. The molecule has 1 N–H and O–H groups in total. The molecule has 2 unspecified atom stereocenters. The average Bonchev–Trinajstić information content (AvgIpc) is 2.79. The van der Waals surface area contributed by atoms with Gasteiger partial charge < -0.3 is 5.32 Å². The van der Waals surface area contributed by atoms with E-state index in [4.69, 9.17) is 0 Å². The molecule has 1 heterocycles. The molecule has 0 spiro atoms. The van der Waals surface area contributed by atoms with E-state index >= 15 is 0 Å². The summed E-state index contributed by atoms with van der Waals surface area (Å²) in [6.07, 6.45) is 7.48. The van der Waals surface area contributed by atoms with Gasteiger partial charge >= 0.3 is 0 Å². The van der Waals surface area contributed by atoms with Gasteiger partial charge in [-0.25, -0.2) is 0 Å². The van der Waals surface area contributed by atoms with Crippen LogP contribution in [0.1, 0.15) is 60.3 Å². The highest BCUT2D eigenvalue weighted by molar-refractivity contribution is 5.19. The summed E-state index contributed by atoms with van der Waals surface area (Å²) in [5, 5.41) is 3.72. The minimum Gasteiger partial charge on any atom is -0.311 e. The number of nitrogens with zero attached hydrogens (tertiary/aromatic N) is 1. The van der Waals surface area contributed by atoms with E-state index < -0.39 is 0 Å². The molecule has 1 aliphatic heterocycles. The Hall–Kier alpha value is -0.600. The van der Waals surface area contributed by atoms with Crippen LogP contribution >= 0.6 is 0 Å². The van der Waals surface area contributed by atoms with Crippen LogP contribution in [0.2, 0.25) is 0 Å². The molecule has 2 rings (SSSR count). The zero-order valence-electron chi connectivity index (χ0n) is 14.0. The van der Waals surface area contributed by atoms with Crippen molar-refractivity contribution in [3.63, 3.8) is 0 Å². The second-order valence-electron chi connectivity index (χ2n) is 7.18. The molecule has 0 aromatic heterocycles. The normalized spacial score (nSPS) is 26.3. The number of nitrogens with one attached hydrogen (secondary N) is 1. The molecule has 0 bridgehead atoms. The molecule has 0 radical (unpaired) electrons. The predicted octanol–water partition coefficient (Wildman–Crippen LogP) is 3.89. The summed E-state index contributed by atoms with van der Waals surface area (Å²) < 4.78 is 0. The van der Waals surface area contributed by atoms with Crippen molar-refractivity contribution in [1.29, 1.82) is 0 Å². The molecular weight excluding hydrogens is 244 g/mol. The van der Waals surface area contributed by atoms with Gasteiger partial charge in [-0.15, -0.1) is 0 Å². The third-order valence-electron chi connectivity index (χ3n) is 4.83. The average molecular weight is 276 g/mol. The highest BCUT2D eigenvalue weighted by Gasteiger charge is 2.23. The standard InChI is InChI=1S/C18H32N2/c1-13(2)19-18-7-6-15(4)17(11-18)10-16(5)20-9-8-14(3)12-20/h8,13,16,18-19H,6-7,9-12H2,1-5H3.